The van der Waals surface area contributed by atoms with Crippen molar-refractivity contribution in [2.45, 2.75) is 26.7 Å². The van der Waals surface area contributed by atoms with Crippen LogP contribution in [0.5, 0.6) is 0 Å². The van der Waals surface area contributed by atoms with Gasteiger partial charge in [-0.15, -0.1) is 0 Å². The van der Waals surface area contributed by atoms with Gasteiger partial charge in [-0.3, -0.25) is 14.4 Å². The van der Waals surface area contributed by atoms with Gasteiger partial charge in [0.1, 0.15) is 0 Å². The first kappa shape index (κ1) is 16.7. The lowest BCUT2D eigenvalue weighted by molar-refractivity contribution is -0.136. The van der Waals surface area contributed by atoms with Gasteiger partial charge >= 0.3 is 5.97 Å². The first-order valence-corrected chi connectivity index (χ1v) is 6.78. The van der Waals surface area contributed by atoms with Crippen LogP contribution in [0.3, 0.4) is 0 Å². The molecule has 1 aromatic carbocycles. The van der Waals surface area contributed by atoms with E-state index in [4.69, 9.17) is 5.11 Å². The molecule has 1 aromatic rings. The van der Waals surface area contributed by atoms with Gasteiger partial charge < -0.3 is 15.7 Å². The number of benzene rings is 1. The fourth-order valence-corrected chi connectivity index (χ4v) is 1.67. The van der Waals surface area contributed by atoms with Crippen molar-refractivity contribution in [3.63, 3.8) is 0 Å². The maximum absolute atomic E-state index is 11.7. The van der Waals surface area contributed by atoms with Crippen molar-refractivity contribution in [1.82, 2.24) is 5.32 Å². The standard InChI is InChI=1S/C15H20N2O4/c1-10(2)9-13(18)17-12-5-3-11(4-6-12)15(21)16-8-7-14(19)20/h3-6,10H,7-9H2,1-2H3,(H,16,21)(H,17,18)(H,19,20). The summed E-state index contributed by atoms with van der Waals surface area (Å²) in [4.78, 5) is 33.7. The fraction of sp³-hybridized carbons (Fsp3) is 0.400. The van der Waals surface area contributed by atoms with Crippen molar-refractivity contribution in [2.75, 3.05) is 11.9 Å². The van der Waals surface area contributed by atoms with E-state index in [9.17, 15) is 14.4 Å². The zero-order valence-corrected chi connectivity index (χ0v) is 12.2. The Balaban J connectivity index is 2.51. The molecule has 0 aliphatic heterocycles. The van der Waals surface area contributed by atoms with Crippen LogP contribution in [0.4, 0.5) is 5.69 Å². The number of carboxylic acid groups (broad SMARTS) is 1. The van der Waals surface area contributed by atoms with Crippen molar-refractivity contribution in [3.05, 3.63) is 29.8 Å². The predicted molar refractivity (Wildman–Crippen MR) is 79.1 cm³/mol. The number of carboxylic acids is 1. The van der Waals surface area contributed by atoms with E-state index in [1.165, 1.54) is 0 Å². The molecule has 0 bridgehead atoms. The highest BCUT2D eigenvalue weighted by Crippen LogP contribution is 2.11. The SMILES string of the molecule is CC(C)CC(=O)Nc1ccc(C(=O)NCCC(=O)O)cc1. The highest BCUT2D eigenvalue weighted by Gasteiger charge is 2.08. The highest BCUT2D eigenvalue weighted by atomic mass is 16.4. The van der Waals surface area contributed by atoms with Crippen molar-refractivity contribution in [3.8, 4) is 0 Å². The number of hydrogen-bond donors (Lipinski definition) is 3. The molecule has 0 heterocycles. The van der Waals surface area contributed by atoms with Crippen LogP contribution in [-0.2, 0) is 9.59 Å². The minimum atomic E-state index is -0.960. The van der Waals surface area contributed by atoms with Gasteiger partial charge in [-0.1, -0.05) is 13.8 Å². The maximum Gasteiger partial charge on any atom is 0.305 e. The van der Waals surface area contributed by atoms with E-state index in [1.807, 2.05) is 13.8 Å². The Morgan fingerprint density at radius 3 is 2.29 bits per heavy atom. The Labute approximate surface area is 123 Å². The summed E-state index contributed by atoms with van der Waals surface area (Å²) < 4.78 is 0. The molecule has 0 fully saturated rings. The number of aliphatic carboxylic acids is 1. The number of hydrogen-bond acceptors (Lipinski definition) is 3. The van der Waals surface area contributed by atoms with Crippen LogP contribution < -0.4 is 10.6 Å². The molecule has 0 saturated carbocycles. The van der Waals surface area contributed by atoms with Crippen LogP contribution in [-0.4, -0.2) is 29.4 Å². The summed E-state index contributed by atoms with van der Waals surface area (Å²) in [5, 5.41) is 13.7. The highest BCUT2D eigenvalue weighted by molar-refractivity contribution is 5.95. The van der Waals surface area contributed by atoms with Crippen molar-refractivity contribution >= 4 is 23.5 Å². The fourth-order valence-electron chi connectivity index (χ4n) is 1.67. The molecule has 1 rings (SSSR count). The van der Waals surface area contributed by atoms with Crippen LogP contribution in [0.2, 0.25) is 0 Å². The van der Waals surface area contributed by atoms with E-state index in [2.05, 4.69) is 10.6 Å². The van der Waals surface area contributed by atoms with Gasteiger partial charge in [0.25, 0.3) is 5.91 Å². The molecular weight excluding hydrogens is 272 g/mol. The van der Waals surface area contributed by atoms with E-state index in [-0.39, 0.29) is 30.7 Å². The molecule has 0 unspecified atom stereocenters. The lowest BCUT2D eigenvalue weighted by Crippen LogP contribution is -2.25. The molecule has 3 N–H and O–H groups in total. The second kappa shape index (κ2) is 8.04. The molecule has 0 radical (unpaired) electrons. The van der Waals surface area contributed by atoms with Crippen molar-refractivity contribution in [2.24, 2.45) is 5.92 Å². The summed E-state index contributed by atoms with van der Waals surface area (Å²) in [6, 6.07) is 6.46. The molecule has 2 amide bonds. The van der Waals surface area contributed by atoms with E-state index >= 15 is 0 Å². The van der Waals surface area contributed by atoms with Gasteiger partial charge in [-0.05, 0) is 30.2 Å². The van der Waals surface area contributed by atoms with Gasteiger partial charge in [0.2, 0.25) is 5.91 Å². The third kappa shape index (κ3) is 6.56. The normalized spacial score (nSPS) is 10.2. The maximum atomic E-state index is 11.7. The zero-order chi connectivity index (χ0) is 15.8. The van der Waals surface area contributed by atoms with Gasteiger partial charge in [0.05, 0.1) is 6.42 Å². The summed E-state index contributed by atoms with van der Waals surface area (Å²) in [6.45, 7) is 4.01. The van der Waals surface area contributed by atoms with Gasteiger partial charge in [-0.25, -0.2) is 0 Å². The smallest absolute Gasteiger partial charge is 0.305 e. The van der Waals surface area contributed by atoms with E-state index in [1.54, 1.807) is 24.3 Å². The zero-order valence-electron chi connectivity index (χ0n) is 12.2. The molecule has 6 heteroatoms. The van der Waals surface area contributed by atoms with Gasteiger partial charge in [0, 0.05) is 24.2 Å². The van der Waals surface area contributed by atoms with Crippen molar-refractivity contribution < 1.29 is 19.5 Å². The number of nitrogens with one attached hydrogen (secondary N) is 2. The first-order valence-electron chi connectivity index (χ1n) is 6.78. The molecule has 0 aliphatic rings. The third-order valence-corrected chi connectivity index (χ3v) is 2.65. The Kier molecular flexibility index (Phi) is 6.39. The summed E-state index contributed by atoms with van der Waals surface area (Å²) >= 11 is 0. The quantitative estimate of drug-likeness (QED) is 0.715. The molecule has 0 spiro atoms. The average molecular weight is 292 g/mol. The number of rotatable bonds is 7. The Morgan fingerprint density at radius 1 is 1.14 bits per heavy atom. The Hall–Kier alpha value is -2.37. The van der Waals surface area contributed by atoms with Crippen LogP contribution in [0.15, 0.2) is 24.3 Å². The van der Waals surface area contributed by atoms with E-state index < -0.39 is 5.97 Å². The van der Waals surface area contributed by atoms with Crippen LogP contribution in [0.25, 0.3) is 0 Å². The van der Waals surface area contributed by atoms with Crippen LogP contribution >= 0.6 is 0 Å². The predicted octanol–water partition coefficient (Wildman–Crippen LogP) is 1.88. The molecule has 0 aromatic heterocycles. The lowest BCUT2D eigenvalue weighted by atomic mass is 10.1. The van der Waals surface area contributed by atoms with Gasteiger partial charge in [-0.2, -0.15) is 0 Å². The summed E-state index contributed by atoms with van der Waals surface area (Å²) in [7, 11) is 0. The first-order chi connectivity index (χ1) is 9.88. The van der Waals surface area contributed by atoms with Crippen molar-refractivity contribution in [1.29, 1.82) is 0 Å². The Morgan fingerprint density at radius 2 is 1.76 bits per heavy atom. The molecule has 6 nitrogen and oxygen atoms in total. The largest absolute Gasteiger partial charge is 0.481 e. The average Bonchev–Trinajstić information content (AvgIpc) is 2.37. The second-order valence-electron chi connectivity index (χ2n) is 5.12. The van der Waals surface area contributed by atoms with Crippen LogP contribution in [0, 0.1) is 5.92 Å². The monoisotopic (exact) mass is 292 g/mol. The number of carbonyl (C=O) groups excluding carboxylic acids is 2. The molecule has 21 heavy (non-hydrogen) atoms. The summed E-state index contributed by atoms with van der Waals surface area (Å²) in [5.41, 5.74) is 1.05. The number of anilines is 1. The second-order valence-corrected chi connectivity index (χ2v) is 5.12. The number of amides is 2. The lowest BCUT2D eigenvalue weighted by Gasteiger charge is -2.08. The molecule has 0 saturated heterocycles. The summed E-state index contributed by atoms with van der Waals surface area (Å²) in [5.74, 6) is -1.08. The number of carbonyl (C=O) groups is 3. The minimum absolute atomic E-state index is 0.0661. The van der Waals surface area contributed by atoms with Gasteiger partial charge in [0.15, 0.2) is 0 Å². The third-order valence-electron chi connectivity index (χ3n) is 2.65. The molecular formula is C15H20N2O4. The minimum Gasteiger partial charge on any atom is -0.481 e. The molecule has 0 aliphatic carbocycles. The summed E-state index contributed by atoms with van der Waals surface area (Å²) in [6.07, 6.45) is 0.326. The molecule has 0 atom stereocenters. The molecule has 114 valence electrons. The topological polar surface area (TPSA) is 95.5 Å². The Bertz CT molecular complexity index is 509. The van der Waals surface area contributed by atoms with E-state index in [0.29, 0.717) is 17.7 Å². The van der Waals surface area contributed by atoms with Crippen LogP contribution in [0.1, 0.15) is 37.0 Å². The van der Waals surface area contributed by atoms with E-state index in [0.717, 1.165) is 0 Å².